The second kappa shape index (κ2) is 12.5. The van der Waals surface area contributed by atoms with Gasteiger partial charge in [-0.2, -0.15) is 0 Å². The van der Waals surface area contributed by atoms with Crippen LogP contribution in [0.1, 0.15) is 74.7 Å². The number of hydrogen-bond donors (Lipinski definition) is 1. The van der Waals surface area contributed by atoms with E-state index in [1.807, 2.05) is 67.4 Å². The maximum atomic E-state index is 13.1. The summed E-state index contributed by atoms with van der Waals surface area (Å²) in [7, 11) is 1.88. The third-order valence-corrected chi connectivity index (χ3v) is 8.84. The first kappa shape index (κ1) is 29.4. The lowest BCUT2D eigenvalue weighted by Crippen LogP contribution is -2.52. The average molecular weight is 593 g/mol. The van der Waals surface area contributed by atoms with Crippen molar-refractivity contribution < 1.29 is 19.2 Å². The van der Waals surface area contributed by atoms with E-state index in [0.29, 0.717) is 35.7 Å². The summed E-state index contributed by atoms with van der Waals surface area (Å²) < 4.78 is 0. The van der Waals surface area contributed by atoms with Gasteiger partial charge in [0.1, 0.15) is 11.9 Å². The number of nitrogens with one attached hydrogen (secondary N) is 1. The highest BCUT2D eigenvalue weighted by Gasteiger charge is 2.39. The number of piperidine rings is 2. The van der Waals surface area contributed by atoms with Crippen LogP contribution >= 0.6 is 0 Å². The zero-order valence-electron chi connectivity index (χ0n) is 25.0. The number of carbonyl (C=O) groups excluding carboxylic acids is 4. The second-order valence-corrected chi connectivity index (χ2v) is 11.9. The molecule has 6 rings (SSSR count). The summed E-state index contributed by atoms with van der Waals surface area (Å²) in [6.07, 6.45) is 5.13. The Morgan fingerprint density at radius 3 is 2.61 bits per heavy atom. The Balaban J connectivity index is 1.05. The van der Waals surface area contributed by atoms with E-state index in [9.17, 15) is 19.2 Å². The molecule has 1 atom stereocenters. The summed E-state index contributed by atoms with van der Waals surface area (Å²) in [6, 6.07) is 17.1. The number of fused-ring (bicyclic) bond motifs is 1. The van der Waals surface area contributed by atoms with E-state index in [1.165, 1.54) is 5.56 Å². The van der Waals surface area contributed by atoms with Gasteiger partial charge in [0.15, 0.2) is 6.29 Å². The molecule has 0 saturated carbocycles. The first-order chi connectivity index (χ1) is 21.3. The Kier molecular flexibility index (Phi) is 8.34. The van der Waals surface area contributed by atoms with Crippen LogP contribution in [0, 0.1) is 6.92 Å². The number of amides is 3. The highest BCUT2D eigenvalue weighted by Crippen LogP contribution is 2.34. The largest absolute Gasteiger partial charge is 0.322 e. The molecule has 44 heavy (non-hydrogen) atoms. The fourth-order valence-electron chi connectivity index (χ4n) is 6.38. The van der Waals surface area contributed by atoms with Crippen molar-refractivity contribution in [1.29, 1.82) is 0 Å². The number of likely N-dealkylation sites (tertiary alicyclic amines) is 1. The molecule has 1 N–H and O–H groups in total. The lowest BCUT2D eigenvalue weighted by atomic mass is 9.87. The van der Waals surface area contributed by atoms with E-state index in [-0.39, 0.29) is 24.1 Å². The van der Waals surface area contributed by atoms with Gasteiger partial charge in [-0.25, -0.2) is 9.98 Å². The molecular weight excluding hydrogens is 556 g/mol. The Morgan fingerprint density at radius 1 is 1.05 bits per heavy atom. The summed E-state index contributed by atoms with van der Waals surface area (Å²) in [5.41, 5.74) is 5.98. The molecule has 0 aliphatic carbocycles. The molecule has 3 aliphatic heterocycles. The van der Waals surface area contributed by atoms with Crippen molar-refractivity contribution >= 4 is 41.9 Å². The monoisotopic (exact) mass is 592 g/mol. The second-order valence-electron chi connectivity index (χ2n) is 11.9. The molecule has 2 aromatic carbocycles. The van der Waals surface area contributed by atoms with Gasteiger partial charge in [0.2, 0.25) is 11.8 Å². The van der Waals surface area contributed by atoms with Gasteiger partial charge in [0.05, 0.1) is 12.0 Å². The smallest absolute Gasteiger partial charge is 0.255 e. The molecule has 0 spiro atoms. The Morgan fingerprint density at radius 2 is 1.86 bits per heavy atom. The van der Waals surface area contributed by atoms with Crippen LogP contribution in [0.5, 0.6) is 0 Å². The average Bonchev–Trinajstić information content (AvgIpc) is 3.35. The van der Waals surface area contributed by atoms with Gasteiger partial charge in [-0.15, -0.1) is 0 Å². The summed E-state index contributed by atoms with van der Waals surface area (Å²) >= 11 is 0. The molecule has 1 unspecified atom stereocenters. The standard InChI is InChI=1S/C34H36N6O4/c1-22-4-3-5-31(36-22)38(2)21-35-29-9-6-23(16-27(29)20-41)18-39-14-12-24(13-15-39)25-7-8-28-26(17-25)19-40(34(28)44)30-10-11-32(42)37-33(30)43/h3-9,16-17,20-21,24,30H,10-15,18-19H2,1-2H3,(H,37,42,43)/b35-21-. The normalized spacial score (nSPS) is 19.4. The lowest BCUT2D eigenvalue weighted by Gasteiger charge is -2.32. The Labute approximate surface area is 256 Å². The topological polar surface area (TPSA) is 115 Å². The molecule has 2 fully saturated rings. The third kappa shape index (κ3) is 6.16. The number of pyridine rings is 1. The zero-order valence-corrected chi connectivity index (χ0v) is 25.0. The summed E-state index contributed by atoms with van der Waals surface area (Å²) in [4.78, 5) is 63.7. The minimum atomic E-state index is -0.600. The number of carbonyl (C=O) groups is 4. The molecule has 2 saturated heterocycles. The molecule has 4 heterocycles. The number of aliphatic imine (C=N–C) groups is 1. The van der Waals surface area contributed by atoms with E-state index >= 15 is 0 Å². The first-order valence-corrected chi connectivity index (χ1v) is 15.1. The predicted octanol–water partition coefficient (Wildman–Crippen LogP) is 4.14. The minimum Gasteiger partial charge on any atom is -0.322 e. The lowest BCUT2D eigenvalue weighted by molar-refractivity contribution is -0.136. The molecule has 3 amide bonds. The minimum absolute atomic E-state index is 0.141. The van der Waals surface area contributed by atoms with Gasteiger partial charge >= 0.3 is 0 Å². The number of aryl methyl sites for hydroxylation is 1. The van der Waals surface area contributed by atoms with Gasteiger partial charge in [-0.05, 0) is 92.2 Å². The van der Waals surface area contributed by atoms with Crippen molar-refractivity contribution in [2.24, 2.45) is 4.99 Å². The van der Waals surface area contributed by atoms with Gasteiger partial charge in [0, 0.05) is 43.4 Å². The molecule has 3 aliphatic rings. The zero-order chi connectivity index (χ0) is 30.8. The summed E-state index contributed by atoms with van der Waals surface area (Å²) in [6.45, 7) is 4.94. The Hall–Kier alpha value is -4.70. The number of anilines is 1. The van der Waals surface area contributed by atoms with E-state index < -0.39 is 6.04 Å². The molecule has 0 radical (unpaired) electrons. The van der Waals surface area contributed by atoms with E-state index in [0.717, 1.165) is 61.4 Å². The van der Waals surface area contributed by atoms with E-state index in [1.54, 1.807) is 11.2 Å². The fraction of sp³-hybridized carbons (Fsp3) is 0.353. The van der Waals surface area contributed by atoms with Gasteiger partial charge in [-0.1, -0.05) is 24.3 Å². The van der Waals surface area contributed by atoms with Crippen LogP contribution in [-0.4, -0.2) is 71.3 Å². The SMILES string of the molecule is Cc1cccc(N(C)/C=N\c2ccc(CN3CCC(c4ccc5c(c4)CN(C4CCC(=O)NC4=O)C5=O)CC3)cc2C=O)n1. The van der Waals surface area contributed by atoms with Crippen LogP contribution in [0.25, 0.3) is 0 Å². The van der Waals surface area contributed by atoms with Crippen LogP contribution in [0.2, 0.25) is 0 Å². The fourth-order valence-corrected chi connectivity index (χ4v) is 6.38. The predicted molar refractivity (Wildman–Crippen MR) is 167 cm³/mol. The number of imide groups is 1. The van der Waals surface area contributed by atoms with Gasteiger partial charge in [0.25, 0.3) is 5.91 Å². The first-order valence-electron chi connectivity index (χ1n) is 15.1. The number of aldehydes is 1. The van der Waals surface area contributed by atoms with E-state index in [4.69, 9.17) is 0 Å². The van der Waals surface area contributed by atoms with Crippen LogP contribution in [-0.2, 0) is 22.7 Å². The molecular formula is C34H36N6O4. The van der Waals surface area contributed by atoms with Gasteiger partial charge < -0.3 is 9.80 Å². The molecule has 10 nitrogen and oxygen atoms in total. The quantitative estimate of drug-likeness (QED) is 0.181. The van der Waals surface area contributed by atoms with Crippen molar-refractivity contribution in [2.75, 3.05) is 25.0 Å². The number of nitrogens with zero attached hydrogens (tertiary/aromatic N) is 5. The maximum Gasteiger partial charge on any atom is 0.255 e. The number of rotatable bonds is 8. The highest BCUT2D eigenvalue weighted by molar-refractivity contribution is 6.05. The van der Waals surface area contributed by atoms with Crippen molar-refractivity contribution in [3.05, 3.63) is 88.1 Å². The third-order valence-electron chi connectivity index (χ3n) is 8.84. The van der Waals surface area contributed by atoms with Crippen LogP contribution in [0.4, 0.5) is 11.5 Å². The molecule has 0 bridgehead atoms. The molecule has 226 valence electrons. The van der Waals surface area contributed by atoms with Crippen molar-refractivity contribution in [2.45, 2.75) is 57.7 Å². The molecule has 1 aromatic heterocycles. The van der Waals surface area contributed by atoms with Crippen LogP contribution in [0.3, 0.4) is 0 Å². The van der Waals surface area contributed by atoms with Crippen LogP contribution < -0.4 is 10.2 Å². The molecule has 10 heteroatoms. The van der Waals surface area contributed by atoms with E-state index in [2.05, 4.69) is 26.3 Å². The van der Waals surface area contributed by atoms with Crippen molar-refractivity contribution in [1.82, 2.24) is 20.1 Å². The Bertz CT molecular complexity index is 1640. The number of aromatic nitrogens is 1. The van der Waals surface area contributed by atoms with Crippen molar-refractivity contribution in [3.8, 4) is 0 Å². The summed E-state index contributed by atoms with van der Waals surface area (Å²) in [5.74, 6) is 0.357. The highest BCUT2D eigenvalue weighted by atomic mass is 16.2. The number of hydrogen-bond acceptors (Lipinski definition) is 7. The van der Waals surface area contributed by atoms with Crippen molar-refractivity contribution in [3.63, 3.8) is 0 Å². The number of benzene rings is 2. The summed E-state index contributed by atoms with van der Waals surface area (Å²) in [5, 5.41) is 2.36. The van der Waals surface area contributed by atoms with Gasteiger partial charge in [-0.3, -0.25) is 29.4 Å². The maximum absolute atomic E-state index is 13.1. The molecule has 3 aromatic rings. The van der Waals surface area contributed by atoms with Crippen LogP contribution in [0.15, 0.2) is 59.6 Å².